The maximum atomic E-state index is 12.7. The van der Waals surface area contributed by atoms with Gasteiger partial charge >= 0.3 is 5.97 Å². The minimum Gasteiger partial charge on any atom is -0.487 e. The van der Waals surface area contributed by atoms with E-state index in [1.54, 1.807) is 31.3 Å². The SMILES string of the molecule is CCOC(=O)C(=O)c1c(OCc2ccccc2)c(Cl)cc2ncccc12. The van der Waals surface area contributed by atoms with Crippen LogP contribution in [0.4, 0.5) is 0 Å². The molecular formula is C20H16ClNO4. The number of carbonyl (C=O) groups excluding carboxylic acids is 2. The first-order chi connectivity index (χ1) is 12.6. The summed E-state index contributed by atoms with van der Waals surface area (Å²) in [6, 6.07) is 14.4. The number of Topliss-reactive ketones (excluding diaryl/α,β-unsaturated/α-hetero) is 1. The fourth-order valence-corrected chi connectivity index (χ4v) is 2.82. The second-order valence-electron chi connectivity index (χ2n) is 5.46. The van der Waals surface area contributed by atoms with Gasteiger partial charge in [-0.25, -0.2) is 4.79 Å². The molecular weight excluding hydrogens is 354 g/mol. The van der Waals surface area contributed by atoms with Crippen molar-refractivity contribution in [3.8, 4) is 5.75 Å². The third-order valence-electron chi connectivity index (χ3n) is 3.73. The molecule has 2 aromatic carbocycles. The van der Waals surface area contributed by atoms with Crippen LogP contribution >= 0.6 is 11.6 Å². The molecule has 0 aliphatic rings. The van der Waals surface area contributed by atoms with Gasteiger partial charge in [-0.2, -0.15) is 0 Å². The van der Waals surface area contributed by atoms with Crippen LogP contribution in [0.1, 0.15) is 22.8 Å². The van der Waals surface area contributed by atoms with Crippen molar-refractivity contribution in [2.45, 2.75) is 13.5 Å². The second kappa shape index (κ2) is 7.97. The van der Waals surface area contributed by atoms with Crippen LogP contribution in [0, 0.1) is 0 Å². The summed E-state index contributed by atoms with van der Waals surface area (Å²) in [5, 5.41) is 0.692. The van der Waals surface area contributed by atoms with E-state index in [-0.39, 0.29) is 29.5 Å². The Hall–Kier alpha value is -2.92. The number of esters is 1. The van der Waals surface area contributed by atoms with Gasteiger partial charge in [-0.1, -0.05) is 48.0 Å². The van der Waals surface area contributed by atoms with Crippen molar-refractivity contribution in [2.75, 3.05) is 6.61 Å². The maximum Gasteiger partial charge on any atom is 0.379 e. The van der Waals surface area contributed by atoms with E-state index in [0.717, 1.165) is 5.56 Å². The van der Waals surface area contributed by atoms with Crippen LogP contribution in [0.3, 0.4) is 0 Å². The Morgan fingerprint density at radius 1 is 1.12 bits per heavy atom. The van der Waals surface area contributed by atoms with E-state index in [4.69, 9.17) is 21.1 Å². The predicted octanol–water partition coefficient (Wildman–Crippen LogP) is 4.21. The summed E-state index contributed by atoms with van der Waals surface area (Å²) in [6.45, 7) is 1.94. The van der Waals surface area contributed by atoms with Gasteiger partial charge in [0.25, 0.3) is 5.78 Å². The summed E-state index contributed by atoms with van der Waals surface area (Å²) >= 11 is 6.33. The molecule has 1 heterocycles. The first-order valence-electron chi connectivity index (χ1n) is 8.07. The number of carbonyl (C=O) groups is 2. The van der Waals surface area contributed by atoms with Gasteiger partial charge in [0, 0.05) is 11.6 Å². The lowest BCUT2D eigenvalue weighted by atomic mass is 10.0. The van der Waals surface area contributed by atoms with Crippen molar-refractivity contribution < 1.29 is 19.1 Å². The number of ether oxygens (including phenoxy) is 2. The molecule has 0 radical (unpaired) electrons. The Morgan fingerprint density at radius 3 is 2.62 bits per heavy atom. The highest BCUT2D eigenvalue weighted by atomic mass is 35.5. The van der Waals surface area contributed by atoms with Crippen LogP contribution in [0.25, 0.3) is 10.9 Å². The predicted molar refractivity (Wildman–Crippen MR) is 98.5 cm³/mol. The molecule has 0 aliphatic heterocycles. The number of aromatic nitrogens is 1. The Kier molecular flexibility index (Phi) is 5.49. The molecule has 5 nitrogen and oxygen atoms in total. The number of ketones is 1. The van der Waals surface area contributed by atoms with Crippen molar-refractivity contribution in [3.63, 3.8) is 0 Å². The molecule has 132 valence electrons. The minimum atomic E-state index is -0.954. The van der Waals surface area contributed by atoms with Crippen molar-refractivity contribution in [3.05, 3.63) is 70.9 Å². The van der Waals surface area contributed by atoms with E-state index in [2.05, 4.69) is 4.98 Å². The van der Waals surface area contributed by atoms with Gasteiger partial charge < -0.3 is 9.47 Å². The molecule has 3 rings (SSSR count). The van der Waals surface area contributed by atoms with Crippen molar-refractivity contribution in [1.82, 2.24) is 4.98 Å². The molecule has 0 aliphatic carbocycles. The molecule has 0 unspecified atom stereocenters. The first-order valence-corrected chi connectivity index (χ1v) is 8.45. The van der Waals surface area contributed by atoms with Crippen LogP contribution < -0.4 is 4.74 Å². The number of hydrogen-bond acceptors (Lipinski definition) is 5. The van der Waals surface area contributed by atoms with Crippen LogP contribution in [0.5, 0.6) is 5.75 Å². The smallest absolute Gasteiger partial charge is 0.379 e. The summed E-state index contributed by atoms with van der Waals surface area (Å²) in [7, 11) is 0. The van der Waals surface area contributed by atoms with Crippen LogP contribution in [-0.2, 0) is 16.1 Å². The summed E-state index contributed by atoms with van der Waals surface area (Å²) < 4.78 is 10.7. The van der Waals surface area contributed by atoms with Gasteiger partial charge in [0.05, 0.1) is 22.7 Å². The first kappa shape index (κ1) is 17.9. The molecule has 0 spiro atoms. The van der Waals surface area contributed by atoms with E-state index in [9.17, 15) is 9.59 Å². The standard InChI is InChI=1S/C20H16ClNO4/c1-2-25-20(24)18(23)17-14-9-6-10-22-16(14)11-15(21)19(17)26-12-13-7-4-3-5-8-13/h3-11H,2,12H2,1H3. The monoisotopic (exact) mass is 369 g/mol. The van der Waals surface area contributed by atoms with E-state index in [1.807, 2.05) is 30.3 Å². The molecule has 0 amide bonds. The van der Waals surface area contributed by atoms with Gasteiger partial charge in [-0.05, 0) is 24.6 Å². The van der Waals surface area contributed by atoms with Gasteiger partial charge in [-0.15, -0.1) is 0 Å². The normalized spacial score (nSPS) is 10.5. The van der Waals surface area contributed by atoms with E-state index in [1.165, 1.54) is 0 Å². The summed E-state index contributed by atoms with van der Waals surface area (Å²) in [5.74, 6) is -1.62. The third-order valence-corrected chi connectivity index (χ3v) is 4.01. The maximum absolute atomic E-state index is 12.7. The zero-order valence-corrected chi connectivity index (χ0v) is 14.8. The molecule has 1 aromatic heterocycles. The minimum absolute atomic E-state index is 0.0648. The third kappa shape index (κ3) is 3.68. The molecule has 3 aromatic rings. The van der Waals surface area contributed by atoms with Gasteiger partial charge in [0.2, 0.25) is 0 Å². The van der Waals surface area contributed by atoms with Crippen molar-refractivity contribution >= 4 is 34.3 Å². The summed E-state index contributed by atoms with van der Waals surface area (Å²) in [4.78, 5) is 28.9. The summed E-state index contributed by atoms with van der Waals surface area (Å²) in [5.41, 5.74) is 1.47. The van der Waals surface area contributed by atoms with E-state index in [0.29, 0.717) is 10.9 Å². The molecule has 0 fully saturated rings. The molecule has 26 heavy (non-hydrogen) atoms. The zero-order chi connectivity index (χ0) is 18.5. The number of pyridine rings is 1. The Bertz CT molecular complexity index is 957. The molecule has 0 bridgehead atoms. The quantitative estimate of drug-likeness (QED) is 0.370. The number of nitrogens with zero attached hydrogens (tertiary/aromatic N) is 1. The Labute approximate surface area is 155 Å². The van der Waals surface area contributed by atoms with Crippen molar-refractivity contribution in [2.24, 2.45) is 0 Å². The number of benzene rings is 2. The van der Waals surface area contributed by atoms with Gasteiger partial charge in [-0.3, -0.25) is 9.78 Å². The average molecular weight is 370 g/mol. The molecule has 0 saturated heterocycles. The lowest BCUT2D eigenvalue weighted by molar-refractivity contribution is -0.137. The number of fused-ring (bicyclic) bond motifs is 1. The fraction of sp³-hybridized carbons (Fsp3) is 0.150. The van der Waals surface area contributed by atoms with Crippen LogP contribution in [0.2, 0.25) is 5.02 Å². The number of halogens is 1. The molecule has 0 atom stereocenters. The van der Waals surface area contributed by atoms with E-state index < -0.39 is 11.8 Å². The topological polar surface area (TPSA) is 65.5 Å². The molecule has 6 heteroatoms. The number of hydrogen-bond donors (Lipinski definition) is 0. The lowest BCUT2D eigenvalue weighted by Gasteiger charge is -2.14. The lowest BCUT2D eigenvalue weighted by Crippen LogP contribution is -2.19. The van der Waals surface area contributed by atoms with Crippen LogP contribution in [-0.4, -0.2) is 23.3 Å². The molecule has 0 saturated carbocycles. The van der Waals surface area contributed by atoms with Crippen molar-refractivity contribution in [1.29, 1.82) is 0 Å². The average Bonchev–Trinajstić information content (AvgIpc) is 2.66. The molecule has 0 N–H and O–H groups in total. The van der Waals surface area contributed by atoms with Gasteiger partial charge in [0.15, 0.2) is 5.75 Å². The Morgan fingerprint density at radius 2 is 1.88 bits per heavy atom. The second-order valence-corrected chi connectivity index (χ2v) is 5.86. The highest BCUT2D eigenvalue weighted by Crippen LogP contribution is 2.36. The highest BCUT2D eigenvalue weighted by molar-refractivity contribution is 6.45. The zero-order valence-electron chi connectivity index (χ0n) is 14.1. The van der Waals surface area contributed by atoms with E-state index >= 15 is 0 Å². The van der Waals surface area contributed by atoms with Gasteiger partial charge in [0.1, 0.15) is 6.61 Å². The van der Waals surface area contributed by atoms with Crippen LogP contribution in [0.15, 0.2) is 54.7 Å². The number of rotatable bonds is 6. The Balaban J connectivity index is 2.08. The summed E-state index contributed by atoms with van der Waals surface area (Å²) in [6.07, 6.45) is 1.59. The largest absolute Gasteiger partial charge is 0.487 e. The fourth-order valence-electron chi connectivity index (χ4n) is 2.57. The highest BCUT2D eigenvalue weighted by Gasteiger charge is 2.27.